The SMILES string of the molecule is CC(C)(C)OC(=O)N(CCCO)CCCCCCCCCCC(=O)OCc1ccccc1. The Morgan fingerprint density at radius 1 is 0.844 bits per heavy atom. The number of carbonyl (C=O) groups is 2. The molecule has 0 fully saturated rings. The average Bonchev–Trinajstić information content (AvgIpc) is 2.75. The van der Waals surface area contributed by atoms with E-state index in [0.29, 0.717) is 32.5 Å². The van der Waals surface area contributed by atoms with Gasteiger partial charge >= 0.3 is 12.1 Å². The van der Waals surface area contributed by atoms with Gasteiger partial charge in [-0.3, -0.25) is 4.79 Å². The Morgan fingerprint density at radius 3 is 2.00 bits per heavy atom. The second-order valence-electron chi connectivity index (χ2n) is 9.27. The van der Waals surface area contributed by atoms with Crippen LogP contribution in [0.5, 0.6) is 0 Å². The van der Waals surface area contributed by atoms with Crippen LogP contribution in [-0.2, 0) is 20.9 Å². The van der Waals surface area contributed by atoms with Crippen LogP contribution < -0.4 is 0 Å². The smallest absolute Gasteiger partial charge is 0.410 e. The molecule has 1 rings (SSSR count). The summed E-state index contributed by atoms with van der Waals surface area (Å²) in [4.78, 5) is 25.8. The standard InChI is InChI=1S/C26H43NO5/c1-26(2,3)32-25(30)27(20-15-21-28)19-14-9-7-5-4-6-8-13-18-24(29)31-22-23-16-11-10-12-17-23/h10-12,16-17,28H,4-9,13-15,18-22H2,1-3H3. The number of ether oxygens (including phenoxy) is 2. The van der Waals surface area contributed by atoms with Gasteiger partial charge in [0, 0.05) is 26.1 Å². The minimum Gasteiger partial charge on any atom is -0.461 e. The van der Waals surface area contributed by atoms with Crippen LogP contribution in [0.3, 0.4) is 0 Å². The van der Waals surface area contributed by atoms with Crippen molar-refractivity contribution in [2.24, 2.45) is 0 Å². The summed E-state index contributed by atoms with van der Waals surface area (Å²) in [6.07, 6.45) is 9.31. The first kappa shape index (κ1) is 28.0. The molecule has 182 valence electrons. The quantitative estimate of drug-likeness (QED) is 0.253. The Morgan fingerprint density at radius 2 is 1.41 bits per heavy atom. The number of aliphatic hydroxyl groups excluding tert-OH is 1. The van der Waals surface area contributed by atoms with Crippen LogP contribution in [0.2, 0.25) is 0 Å². The summed E-state index contributed by atoms with van der Waals surface area (Å²) in [5, 5.41) is 9.06. The molecule has 1 aromatic rings. The summed E-state index contributed by atoms with van der Waals surface area (Å²) in [5.41, 5.74) is 0.510. The Hall–Kier alpha value is -2.08. The minimum absolute atomic E-state index is 0.0735. The number of esters is 1. The summed E-state index contributed by atoms with van der Waals surface area (Å²) in [5.74, 6) is -0.121. The predicted octanol–water partition coefficient (Wildman–Crippen LogP) is 5.86. The molecule has 6 heteroatoms. The third-order valence-electron chi connectivity index (χ3n) is 5.04. The number of nitrogens with zero attached hydrogens (tertiary/aromatic N) is 1. The van der Waals surface area contributed by atoms with E-state index in [-0.39, 0.29) is 18.7 Å². The zero-order chi connectivity index (χ0) is 23.7. The van der Waals surface area contributed by atoms with Crippen molar-refractivity contribution in [1.82, 2.24) is 4.90 Å². The molecule has 0 bridgehead atoms. The van der Waals surface area contributed by atoms with Gasteiger partial charge < -0.3 is 19.5 Å². The van der Waals surface area contributed by atoms with Gasteiger partial charge in [0.2, 0.25) is 0 Å². The predicted molar refractivity (Wildman–Crippen MR) is 127 cm³/mol. The van der Waals surface area contributed by atoms with Crippen molar-refractivity contribution in [2.75, 3.05) is 19.7 Å². The Kier molecular flexibility index (Phi) is 14.4. The highest BCUT2D eigenvalue weighted by molar-refractivity contribution is 5.69. The van der Waals surface area contributed by atoms with Crippen molar-refractivity contribution < 1.29 is 24.2 Å². The summed E-state index contributed by atoms with van der Waals surface area (Å²) in [7, 11) is 0. The molecule has 0 heterocycles. The molecule has 0 spiro atoms. The number of rotatable bonds is 16. The van der Waals surface area contributed by atoms with Crippen molar-refractivity contribution in [3.8, 4) is 0 Å². The number of carbonyl (C=O) groups excluding carboxylic acids is 2. The summed E-state index contributed by atoms with van der Waals surface area (Å²) >= 11 is 0. The van der Waals surface area contributed by atoms with Gasteiger partial charge in [0.1, 0.15) is 12.2 Å². The van der Waals surface area contributed by atoms with Crippen molar-refractivity contribution in [3.05, 3.63) is 35.9 Å². The molecular weight excluding hydrogens is 406 g/mol. The zero-order valence-electron chi connectivity index (χ0n) is 20.3. The molecule has 0 saturated carbocycles. The van der Waals surface area contributed by atoms with Gasteiger partial charge in [-0.1, -0.05) is 68.9 Å². The third kappa shape index (κ3) is 14.8. The van der Waals surface area contributed by atoms with E-state index in [1.165, 1.54) is 12.8 Å². The number of amides is 1. The molecule has 0 radical (unpaired) electrons. The highest BCUT2D eigenvalue weighted by atomic mass is 16.6. The van der Waals surface area contributed by atoms with Crippen LogP contribution in [0.25, 0.3) is 0 Å². The topological polar surface area (TPSA) is 76.1 Å². The lowest BCUT2D eigenvalue weighted by atomic mass is 10.1. The van der Waals surface area contributed by atoms with Crippen LogP contribution >= 0.6 is 0 Å². The average molecular weight is 450 g/mol. The number of hydrogen-bond donors (Lipinski definition) is 1. The van der Waals surface area contributed by atoms with E-state index >= 15 is 0 Å². The summed E-state index contributed by atoms with van der Waals surface area (Å²) in [6, 6.07) is 9.74. The first-order chi connectivity index (χ1) is 15.3. The zero-order valence-corrected chi connectivity index (χ0v) is 20.3. The molecule has 0 aliphatic heterocycles. The fraction of sp³-hybridized carbons (Fsp3) is 0.692. The van der Waals surface area contributed by atoms with Crippen molar-refractivity contribution in [1.29, 1.82) is 0 Å². The maximum Gasteiger partial charge on any atom is 0.410 e. The van der Waals surface area contributed by atoms with Crippen molar-refractivity contribution >= 4 is 12.1 Å². The molecule has 1 amide bonds. The first-order valence-corrected chi connectivity index (χ1v) is 12.1. The van der Waals surface area contributed by atoms with Gasteiger partial charge in [-0.2, -0.15) is 0 Å². The van der Waals surface area contributed by atoms with Crippen LogP contribution in [-0.4, -0.2) is 47.4 Å². The molecule has 1 N–H and O–H groups in total. The van der Waals surface area contributed by atoms with Crippen LogP contribution in [0, 0.1) is 0 Å². The second-order valence-corrected chi connectivity index (χ2v) is 9.27. The highest BCUT2D eigenvalue weighted by Crippen LogP contribution is 2.13. The van der Waals surface area contributed by atoms with E-state index in [9.17, 15) is 9.59 Å². The van der Waals surface area contributed by atoms with Crippen LogP contribution in [0.1, 0.15) is 90.5 Å². The third-order valence-corrected chi connectivity index (χ3v) is 5.04. The lowest BCUT2D eigenvalue weighted by Gasteiger charge is -2.27. The fourth-order valence-corrected chi connectivity index (χ4v) is 3.33. The monoisotopic (exact) mass is 449 g/mol. The number of aliphatic hydroxyl groups is 1. The fourth-order valence-electron chi connectivity index (χ4n) is 3.33. The molecule has 1 aromatic carbocycles. The molecule has 0 atom stereocenters. The van der Waals surface area contributed by atoms with Gasteiger partial charge in [-0.05, 0) is 45.6 Å². The van der Waals surface area contributed by atoms with Gasteiger partial charge in [0.05, 0.1) is 0 Å². The number of benzene rings is 1. The lowest BCUT2D eigenvalue weighted by molar-refractivity contribution is -0.145. The molecule has 0 unspecified atom stereocenters. The summed E-state index contributed by atoms with van der Waals surface area (Å²) in [6.45, 7) is 7.21. The number of unbranched alkanes of at least 4 members (excludes halogenated alkanes) is 7. The van der Waals surface area contributed by atoms with Crippen molar-refractivity contribution in [3.63, 3.8) is 0 Å². The Labute approximate surface area is 194 Å². The largest absolute Gasteiger partial charge is 0.461 e. The Bertz CT molecular complexity index is 627. The van der Waals surface area contributed by atoms with Crippen molar-refractivity contribution in [2.45, 2.75) is 97.2 Å². The maximum absolute atomic E-state index is 12.3. The second kappa shape index (κ2) is 16.5. The van der Waals surface area contributed by atoms with Crippen LogP contribution in [0.4, 0.5) is 4.79 Å². The molecule has 6 nitrogen and oxygen atoms in total. The van der Waals surface area contributed by atoms with E-state index in [1.807, 2.05) is 51.1 Å². The molecular formula is C26H43NO5. The molecule has 0 aliphatic rings. The molecule has 0 saturated heterocycles. The van der Waals surface area contributed by atoms with E-state index in [0.717, 1.165) is 44.1 Å². The summed E-state index contributed by atoms with van der Waals surface area (Å²) < 4.78 is 10.8. The number of hydrogen-bond acceptors (Lipinski definition) is 5. The normalized spacial score (nSPS) is 11.2. The Balaban J connectivity index is 2.02. The molecule has 32 heavy (non-hydrogen) atoms. The van der Waals surface area contributed by atoms with Gasteiger partial charge in [-0.15, -0.1) is 0 Å². The minimum atomic E-state index is -0.507. The maximum atomic E-state index is 12.3. The first-order valence-electron chi connectivity index (χ1n) is 12.1. The highest BCUT2D eigenvalue weighted by Gasteiger charge is 2.21. The van der Waals surface area contributed by atoms with Gasteiger partial charge in [-0.25, -0.2) is 4.79 Å². The lowest BCUT2D eigenvalue weighted by Crippen LogP contribution is -2.38. The van der Waals surface area contributed by atoms with Crippen LogP contribution in [0.15, 0.2) is 30.3 Å². The van der Waals surface area contributed by atoms with E-state index in [4.69, 9.17) is 14.6 Å². The molecule has 0 aromatic heterocycles. The van der Waals surface area contributed by atoms with E-state index in [1.54, 1.807) is 4.90 Å². The van der Waals surface area contributed by atoms with Gasteiger partial charge in [0.25, 0.3) is 0 Å². The van der Waals surface area contributed by atoms with Gasteiger partial charge in [0.15, 0.2) is 0 Å². The van der Waals surface area contributed by atoms with E-state index < -0.39 is 5.60 Å². The van der Waals surface area contributed by atoms with E-state index in [2.05, 4.69) is 0 Å². The molecule has 0 aliphatic carbocycles.